The summed E-state index contributed by atoms with van der Waals surface area (Å²) in [5.41, 5.74) is 2.08. The van der Waals surface area contributed by atoms with Crippen LogP contribution in [0.4, 0.5) is 0 Å². The van der Waals surface area contributed by atoms with E-state index in [1.807, 2.05) is 6.08 Å². The molecule has 0 N–H and O–H groups in total. The normalized spacial score (nSPS) is 31.1. The van der Waals surface area contributed by atoms with Crippen LogP contribution in [0.2, 0.25) is 0 Å². The van der Waals surface area contributed by atoms with E-state index in [0.717, 1.165) is 37.7 Å². The fourth-order valence-corrected chi connectivity index (χ4v) is 2.57. The fraction of sp³-hybridized carbons (Fsp3) is 0.643. The number of carbonyl (C=O) groups excluding carboxylic acids is 1. The minimum absolute atomic E-state index is 0.121. The Labute approximate surface area is 101 Å². The van der Waals surface area contributed by atoms with Crippen LogP contribution in [0.5, 0.6) is 0 Å². The lowest BCUT2D eigenvalue weighted by molar-refractivity contribution is -0.138. The summed E-state index contributed by atoms with van der Waals surface area (Å²) in [7, 11) is 0. The first-order chi connectivity index (χ1) is 8.33. The highest BCUT2D eigenvalue weighted by Gasteiger charge is 2.39. The van der Waals surface area contributed by atoms with Crippen molar-refractivity contribution >= 4 is 5.97 Å². The van der Waals surface area contributed by atoms with Crippen LogP contribution >= 0.6 is 0 Å². The number of carbonyl (C=O) groups is 1. The molecule has 0 amide bonds. The van der Waals surface area contributed by atoms with Crippen LogP contribution in [0.15, 0.2) is 23.3 Å². The number of rotatable bonds is 3. The van der Waals surface area contributed by atoms with E-state index >= 15 is 0 Å². The molecule has 0 radical (unpaired) electrons. The molecule has 0 aromatic carbocycles. The maximum Gasteiger partial charge on any atom is 0.333 e. The molecule has 1 heterocycles. The third-order valence-corrected chi connectivity index (χ3v) is 3.71. The molecule has 0 bridgehead atoms. The minimum atomic E-state index is -0.121. The highest BCUT2D eigenvalue weighted by Crippen LogP contribution is 2.35. The van der Waals surface area contributed by atoms with Gasteiger partial charge >= 0.3 is 5.97 Å². The second-order valence-corrected chi connectivity index (χ2v) is 5.05. The van der Waals surface area contributed by atoms with E-state index in [1.165, 1.54) is 12.0 Å². The highest BCUT2D eigenvalue weighted by molar-refractivity contribution is 5.88. The first kappa shape index (κ1) is 11.0. The number of fused-ring (bicyclic) bond motifs is 1. The monoisotopic (exact) mass is 234 g/mol. The molecule has 3 rings (SSSR count). The van der Waals surface area contributed by atoms with Gasteiger partial charge in [0.2, 0.25) is 0 Å². The first-order valence-electron chi connectivity index (χ1n) is 6.54. The van der Waals surface area contributed by atoms with Crippen LogP contribution in [-0.4, -0.2) is 24.8 Å². The van der Waals surface area contributed by atoms with E-state index in [4.69, 9.17) is 9.47 Å². The van der Waals surface area contributed by atoms with Crippen molar-refractivity contribution in [1.82, 2.24) is 0 Å². The van der Waals surface area contributed by atoms with Gasteiger partial charge in [0.1, 0.15) is 12.7 Å². The fourth-order valence-electron chi connectivity index (χ4n) is 2.57. The van der Waals surface area contributed by atoms with Crippen molar-refractivity contribution in [3.05, 3.63) is 23.3 Å². The number of hydrogen-bond donors (Lipinski definition) is 0. The van der Waals surface area contributed by atoms with Gasteiger partial charge in [-0.05, 0) is 44.1 Å². The molecule has 92 valence electrons. The second-order valence-electron chi connectivity index (χ2n) is 5.05. The topological polar surface area (TPSA) is 38.8 Å². The SMILES string of the molecule is O=C(OCC1=CC2OC2CC1)C1=CCCCC1. The Balaban J connectivity index is 1.50. The van der Waals surface area contributed by atoms with Gasteiger partial charge in [-0.3, -0.25) is 0 Å². The zero-order valence-electron chi connectivity index (χ0n) is 9.98. The highest BCUT2D eigenvalue weighted by atomic mass is 16.6. The second kappa shape index (κ2) is 4.65. The van der Waals surface area contributed by atoms with Gasteiger partial charge in [0.15, 0.2) is 0 Å². The van der Waals surface area contributed by atoms with Gasteiger partial charge in [0.25, 0.3) is 0 Å². The average Bonchev–Trinajstić information content (AvgIpc) is 3.15. The predicted molar refractivity (Wildman–Crippen MR) is 63.5 cm³/mol. The van der Waals surface area contributed by atoms with E-state index in [1.54, 1.807) is 0 Å². The van der Waals surface area contributed by atoms with Crippen LogP contribution < -0.4 is 0 Å². The van der Waals surface area contributed by atoms with Crippen LogP contribution in [0.3, 0.4) is 0 Å². The summed E-state index contributed by atoms with van der Waals surface area (Å²) in [5.74, 6) is -0.121. The standard InChI is InChI=1S/C14H18O3/c15-14(11-4-2-1-3-5-11)16-9-10-6-7-12-13(8-10)17-12/h4,8,12-13H,1-3,5-7,9H2. The number of esters is 1. The van der Waals surface area contributed by atoms with E-state index in [2.05, 4.69) is 6.08 Å². The Morgan fingerprint density at radius 3 is 3.12 bits per heavy atom. The summed E-state index contributed by atoms with van der Waals surface area (Å²) in [5, 5.41) is 0. The van der Waals surface area contributed by atoms with Gasteiger partial charge in [0, 0.05) is 5.57 Å². The summed E-state index contributed by atoms with van der Waals surface area (Å²) in [4.78, 5) is 11.8. The smallest absolute Gasteiger partial charge is 0.333 e. The Hall–Kier alpha value is -1.09. The summed E-state index contributed by atoms with van der Waals surface area (Å²) in [6.07, 6.45) is 11.2. The number of allylic oxidation sites excluding steroid dienone is 1. The molecule has 0 spiro atoms. The molecule has 1 aliphatic heterocycles. The van der Waals surface area contributed by atoms with Crippen LogP contribution in [0.1, 0.15) is 38.5 Å². The summed E-state index contributed by atoms with van der Waals surface area (Å²) >= 11 is 0. The Bertz CT molecular complexity index is 381. The van der Waals surface area contributed by atoms with E-state index in [0.29, 0.717) is 18.8 Å². The van der Waals surface area contributed by atoms with E-state index in [-0.39, 0.29) is 5.97 Å². The molecule has 0 saturated carbocycles. The molecular formula is C14H18O3. The lowest BCUT2D eigenvalue weighted by Crippen LogP contribution is -2.14. The van der Waals surface area contributed by atoms with Crippen molar-refractivity contribution in [1.29, 1.82) is 0 Å². The average molecular weight is 234 g/mol. The quantitative estimate of drug-likeness (QED) is 0.428. The lowest BCUT2D eigenvalue weighted by Gasteiger charge is -2.14. The molecule has 2 unspecified atom stereocenters. The molecule has 3 nitrogen and oxygen atoms in total. The van der Waals surface area contributed by atoms with E-state index in [9.17, 15) is 4.79 Å². The Morgan fingerprint density at radius 2 is 2.35 bits per heavy atom. The third-order valence-electron chi connectivity index (χ3n) is 3.71. The van der Waals surface area contributed by atoms with Crippen molar-refractivity contribution in [3.63, 3.8) is 0 Å². The van der Waals surface area contributed by atoms with Crippen LogP contribution in [-0.2, 0) is 14.3 Å². The van der Waals surface area contributed by atoms with Gasteiger partial charge in [-0.2, -0.15) is 0 Å². The van der Waals surface area contributed by atoms with Crippen molar-refractivity contribution < 1.29 is 14.3 Å². The van der Waals surface area contributed by atoms with Crippen LogP contribution in [0.25, 0.3) is 0 Å². The van der Waals surface area contributed by atoms with Crippen molar-refractivity contribution in [2.75, 3.05) is 6.61 Å². The zero-order chi connectivity index (χ0) is 11.7. The molecule has 1 saturated heterocycles. The first-order valence-corrected chi connectivity index (χ1v) is 6.54. The van der Waals surface area contributed by atoms with Crippen molar-refractivity contribution in [2.45, 2.75) is 50.7 Å². The van der Waals surface area contributed by atoms with E-state index < -0.39 is 0 Å². The van der Waals surface area contributed by atoms with Crippen molar-refractivity contribution in [3.8, 4) is 0 Å². The molecule has 3 heteroatoms. The summed E-state index contributed by atoms with van der Waals surface area (Å²) in [6.45, 7) is 0.447. The zero-order valence-corrected chi connectivity index (χ0v) is 9.98. The maximum atomic E-state index is 11.8. The van der Waals surface area contributed by atoms with Gasteiger partial charge in [-0.15, -0.1) is 0 Å². The van der Waals surface area contributed by atoms with Gasteiger partial charge < -0.3 is 9.47 Å². The lowest BCUT2D eigenvalue weighted by atomic mass is 9.99. The number of hydrogen-bond acceptors (Lipinski definition) is 3. The molecule has 17 heavy (non-hydrogen) atoms. The Morgan fingerprint density at radius 1 is 1.41 bits per heavy atom. The molecule has 2 atom stereocenters. The molecular weight excluding hydrogens is 216 g/mol. The van der Waals surface area contributed by atoms with Gasteiger partial charge in [-0.25, -0.2) is 4.79 Å². The summed E-state index contributed by atoms with van der Waals surface area (Å²) < 4.78 is 10.8. The van der Waals surface area contributed by atoms with Crippen LogP contribution in [0, 0.1) is 0 Å². The number of epoxide rings is 1. The molecule has 0 aromatic rings. The maximum absolute atomic E-state index is 11.8. The molecule has 1 fully saturated rings. The summed E-state index contributed by atoms with van der Waals surface area (Å²) in [6, 6.07) is 0. The molecule has 3 aliphatic rings. The molecule has 2 aliphatic carbocycles. The van der Waals surface area contributed by atoms with Gasteiger partial charge in [-0.1, -0.05) is 12.2 Å². The van der Waals surface area contributed by atoms with Gasteiger partial charge in [0.05, 0.1) is 6.10 Å². The number of ether oxygens (including phenoxy) is 2. The third kappa shape index (κ3) is 2.60. The van der Waals surface area contributed by atoms with Crippen molar-refractivity contribution in [2.24, 2.45) is 0 Å². The largest absolute Gasteiger partial charge is 0.458 e. The predicted octanol–water partition coefficient (Wildman–Crippen LogP) is 2.52. The minimum Gasteiger partial charge on any atom is -0.458 e. The Kier molecular flexibility index (Phi) is 3.02. The molecule has 0 aromatic heterocycles.